The Balaban J connectivity index is 1.99. The van der Waals surface area contributed by atoms with Gasteiger partial charge in [0.1, 0.15) is 11.4 Å². The number of ketones is 1. The Bertz CT molecular complexity index is 1250. The Morgan fingerprint density at radius 2 is 1.68 bits per heavy atom. The quantitative estimate of drug-likeness (QED) is 0.441. The molecule has 0 saturated heterocycles. The fraction of sp³-hybridized carbons (Fsp3) is 0.190. The van der Waals surface area contributed by atoms with Crippen LogP contribution in [-0.4, -0.2) is 21.5 Å². The van der Waals surface area contributed by atoms with E-state index in [1.165, 1.54) is 0 Å². The molecular weight excluding hydrogens is 413 g/mol. The van der Waals surface area contributed by atoms with Crippen LogP contribution in [0.3, 0.4) is 0 Å². The topological polar surface area (TPSA) is 99.1 Å². The zero-order valence-corrected chi connectivity index (χ0v) is 16.5. The highest BCUT2D eigenvalue weighted by atomic mass is 19.2. The van der Waals surface area contributed by atoms with Gasteiger partial charge in [-0.05, 0) is 24.6 Å². The van der Waals surface area contributed by atoms with Crippen LogP contribution in [-0.2, 0) is 13.1 Å². The number of hydrogen-bond donors (Lipinski definition) is 2. The van der Waals surface area contributed by atoms with Crippen molar-refractivity contribution in [3.05, 3.63) is 91.9 Å². The molecule has 1 aromatic heterocycles. The van der Waals surface area contributed by atoms with Gasteiger partial charge >= 0.3 is 5.69 Å². The van der Waals surface area contributed by atoms with Crippen LogP contribution in [0.5, 0.6) is 0 Å². The predicted octanol–water partition coefficient (Wildman–Crippen LogP) is 2.37. The molecule has 3 rings (SSSR count). The lowest BCUT2D eigenvalue weighted by Gasteiger charge is -2.16. The summed E-state index contributed by atoms with van der Waals surface area (Å²) in [6, 6.07) is 10.4. The van der Waals surface area contributed by atoms with E-state index in [0.717, 1.165) is 20.8 Å². The summed E-state index contributed by atoms with van der Waals surface area (Å²) < 4.78 is 42.3. The zero-order valence-electron chi connectivity index (χ0n) is 16.5. The molecule has 10 heteroatoms. The Labute approximate surface area is 174 Å². The number of Topliss-reactive ketones (excluding diaryl/α,β-unsaturated/α-hetero) is 1. The third-order valence-electron chi connectivity index (χ3n) is 4.72. The molecule has 0 aliphatic heterocycles. The van der Waals surface area contributed by atoms with Gasteiger partial charge in [-0.3, -0.25) is 18.7 Å². The number of carbonyl (C=O) groups is 1. The number of nitrogens with zero attached hydrogens (tertiary/aromatic N) is 2. The average molecular weight is 432 g/mol. The van der Waals surface area contributed by atoms with Crippen LogP contribution in [0.25, 0.3) is 0 Å². The molecule has 0 radical (unpaired) electrons. The summed E-state index contributed by atoms with van der Waals surface area (Å²) >= 11 is 0. The van der Waals surface area contributed by atoms with Gasteiger partial charge < -0.3 is 11.1 Å². The zero-order chi connectivity index (χ0) is 22.7. The number of anilines is 2. The third-order valence-corrected chi connectivity index (χ3v) is 4.72. The maximum Gasteiger partial charge on any atom is 0.332 e. The number of halogens is 3. The van der Waals surface area contributed by atoms with E-state index >= 15 is 0 Å². The lowest BCUT2D eigenvalue weighted by molar-refractivity contribution is 0.100. The minimum absolute atomic E-state index is 0.00174. The van der Waals surface area contributed by atoms with E-state index in [1.54, 1.807) is 37.3 Å². The van der Waals surface area contributed by atoms with Gasteiger partial charge in [0.25, 0.3) is 5.56 Å². The molecule has 7 nitrogen and oxygen atoms in total. The molecule has 31 heavy (non-hydrogen) atoms. The van der Waals surface area contributed by atoms with Gasteiger partial charge in [-0.2, -0.15) is 0 Å². The molecule has 162 valence electrons. The van der Waals surface area contributed by atoms with Crippen LogP contribution in [0.2, 0.25) is 0 Å². The van der Waals surface area contributed by atoms with E-state index in [1.807, 2.05) is 0 Å². The smallest absolute Gasteiger partial charge is 0.332 e. The fourth-order valence-electron chi connectivity index (χ4n) is 3.10. The Morgan fingerprint density at radius 1 is 1.00 bits per heavy atom. The number of nitrogens with one attached hydrogen (secondary N) is 1. The number of benzene rings is 2. The van der Waals surface area contributed by atoms with Crippen molar-refractivity contribution in [3.63, 3.8) is 0 Å². The summed E-state index contributed by atoms with van der Waals surface area (Å²) in [5.74, 6) is -5.74. The van der Waals surface area contributed by atoms with E-state index in [4.69, 9.17) is 5.73 Å². The van der Waals surface area contributed by atoms with Crippen LogP contribution < -0.4 is 22.3 Å². The van der Waals surface area contributed by atoms with Gasteiger partial charge in [0.2, 0.25) is 0 Å². The van der Waals surface area contributed by atoms with Gasteiger partial charge in [0, 0.05) is 6.54 Å². The number of hydrogen-bond acceptors (Lipinski definition) is 5. The second kappa shape index (κ2) is 8.90. The molecule has 0 bridgehead atoms. The van der Waals surface area contributed by atoms with Crippen molar-refractivity contribution in [2.45, 2.75) is 20.0 Å². The molecule has 2 aromatic carbocycles. The van der Waals surface area contributed by atoms with Crippen molar-refractivity contribution in [2.24, 2.45) is 0 Å². The van der Waals surface area contributed by atoms with Gasteiger partial charge in [-0.1, -0.05) is 30.3 Å². The van der Waals surface area contributed by atoms with Gasteiger partial charge in [0.15, 0.2) is 23.2 Å². The fourth-order valence-corrected chi connectivity index (χ4v) is 3.10. The first-order chi connectivity index (χ1) is 14.8. The van der Waals surface area contributed by atoms with Crippen LogP contribution in [0.15, 0.2) is 52.1 Å². The van der Waals surface area contributed by atoms with E-state index in [0.29, 0.717) is 6.07 Å². The number of carbonyl (C=O) groups excluding carboxylic acids is 1. The molecule has 0 aliphatic rings. The maximum absolute atomic E-state index is 13.8. The monoisotopic (exact) mass is 432 g/mol. The van der Waals surface area contributed by atoms with Crippen molar-refractivity contribution >= 4 is 17.3 Å². The molecule has 3 aromatic rings. The Hall–Kier alpha value is -3.82. The number of nitrogen functional groups attached to an aromatic ring is 1. The molecule has 0 amide bonds. The predicted molar refractivity (Wildman–Crippen MR) is 110 cm³/mol. The second-order valence-electron chi connectivity index (χ2n) is 6.66. The third kappa shape index (κ3) is 4.23. The largest absolute Gasteiger partial charge is 0.384 e. The van der Waals surface area contributed by atoms with Crippen molar-refractivity contribution in [3.8, 4) is 0 Å². The van der Waals surface area contributed by atoms with Crippen molar-refractivity contribution in [1.82, 2.24) is 9.13 Å². The summed E-state index contributed by atoms with van der Waals surface area (Å²) in [5, 5.41) is 2.33. The Kier molecular flexibility index (Phi) is 6.28. The first-order valence-electron chi connectivity index (χ1n) is 9.33. The van der Waals surface area contributed by atoms with Crippen LogP contribution in [0.1, 0.15) is 22.8 Å². The molecule has 0 spiro atoms. The van der Waals surface area contributed by atoms with Gasteiger partial charge in [-0.15, -0.1) is 0 Å². The number of rotatable bonds is 7. The van der Waals surface area contributed by atoms with Crippen LogP contribution >= 0.6 is 0 Å². The summed E-state index contributed by atoms with van der Waals surface area (Å²) in [5.41, 5.74) is 4.27. The molecular formula is C21H19F3N4O3. The molecule has 1 heterocycles. The second-order valence-corrected chi connectivity index (χ2v) is 6.66. The first-order valence-corrected chi connectivity index (χ1v) is 9.33. The minimum atomic E-state index is -1.69. The van der Waals surface area contributed by atoms with E-state index in [-0.39, 0.29) is 18.9 Å². The van der Waals surface area contributed by atoms with E-state index in [2.05, 4.69) is 5.32 Å². The minimum Gasteiger partial charge on any atom is -0.384 e. The Morgan fingerprint density at radius 3 is 2.32 bits per heavy atom. The molecule has 3 N–H and O–H groups in total. The standard InChI is InChI=1S/C21H19F3N4O3/c1-2-27-20(30)16(15(29)10-26-14-9-8-13(22)17(23)18(14)24)19(25)28(21(27)31)11-12-6-4-3-5-7-12/h3-9,26H,2,10-11,25H2,1H3. The average Bonchev–Trinajstić information content (AvgIpc) is 2.75. The molecule has 0 fully saturated rings. The summed E-state index contributed by atoms with van der Waals surface area (Å²) in [6.45, 7) is 0.958. The van der Waals surface area contributed by atoms with Crippen LogP contribution in [0, 0.1) is 17.5 Å². The van der Waals surface area contributed by atoms with E-state index < -0.39 is 52.3 Å². The van der Waals surface area contributed by atoms with E-state index in [9.17, 15) is 27.6 Å². The maximum atomic E-state index is 13.8. The normalized spacial score (nSPS) is 10.8. The number of nitrogens with two attached hydrogens (primary N) is 1. The lowest BCUT2D eigenvalue weighted by atomic mass is 10.1. The molecule has 0 aliphatic carbocycles. The van der Waals surface area contributed by atoms with Gasteiger partial charge in [-0.25, -0.2) is 18.0 Å². The van der Waals surface area contributed by atoms with Crippen molar-refractivity contribution in [1.29, 1.82) is 0 Å². The molecule has 0 unspecified atom stereocenters. The van der Waals surface area contributed by atoms with Crippen molar-refractivity contribution < 1.29 is 18.0 Å². The highest BCUT2D eigenvalue weighted by Gasteiger charge is 2.23. The lowest BCUT2D eigenvalue weighted by Crippen LogP contribution is -2.44. The van der Waals surface area contributed by atoms with Gasteiger partial charge in [0.05, 0.1) is 18.8 Å². The first kappa shape index (κ1) is 21.9. The SMILES string of the molecule is CCn1c(=O)c(C(=O)CNc2ccc(F)c(F)c2F)c(N)n(Cc2ccccc2)c1=O. The van der Waals surface area contributed by atoms with Crippen LogP contribution in [0.4, 0.5) is 24.7 Å². The highest BCUT2D eigenvalue weighted by Crippen LogP contribution is 2.19. The summed E-state index contributed by atoms with van der Waals surface area (Å²) in [7, 11) is 0. The summed E-state index contributed by atoms with van der Waals surface area (Å²) in [4.78, 5) is 38.2. The highest BCUT2D eigenvalue weighted by molar-refractivity contribution is 6.02. The number of aromatic nitrogens is 2. The summed E-state index contributed by atoms with van der Waals surface area (Å²) in [6.07, 6.45) is 0. The van der Waals surface area contributed by atoms with Crippen molar-refractivity contribution in [2.75, 3.05) is 17.6 Å². The molecule has 0 atom stereocenters. The molecule has 0 saturated carbocycles.